The number of H-pyrrole nitrogens is 1. The maximum Gasteiger partial charge on any atom is 0.252 e. The van der Waals surface area contributed by atoms with Crippen molar-refractivity contribution in [2.24, 2.45) is 5.73 Å². The average Bonchev–Trinajstić information content (AvgIpc) is 3.03. The molecule has 0 fully saturated rings. The second-order valence-corrected chi connectivity index (χ2v) is 6.81. The van der Waals surface area contributed by atoms with Crippen molar-refractivity contribution in [3.63, 3.8) is 0 Å². The number of aromatic amines is 1. The van der Waals surface area contributed by atoms with E-state index in [1.54, 1.807) is 24.4 Å². The number of aromatic nitrogens is 4. The summed E-state index contributed by atoms with van der Waals surface area (Å²) in [5, 5.41) is 10.9. The Hall–Kier alpha value is -3.04. The summed E-state index contributed by atoms with van der Waals surface area (Å²) in [4.78, 5) is 26.4. The molecule has 2 aromatic heterocycles. The molecule has 0 saturated carbocycles. The van der Waals surface area contributed by atoms with E-state index in [1.165, 1.54) is 6.07 Å². The number of carbonyl (C=O) groups excluding carboxylic acids is 1. The maximum atomic E-state index is 12.4. The van der Waals surface area contributed by atoms with Crippen LogP contribution in [0.25, 0.3) is 5.78 Å². The lowest BCUT2D eigenvalue weighted by molar-refractivity contribution is -0.126. The normalized spacial score (nSPS) is 12.9. The SMILES string of the molecule is CC(C)(N)C(=O)N[C@H](COCc1ccccc1)c1nnc2[nH]c(=O)ccn12. The lowest BCUT2D eigenvalue weighted by Gasteiger charge is -2.23. The van der Waals surface area contributed by atoms with Crippen molar-refractivity contribution in [3.05, 3.63) is 64.3 Å². The summed E-state index contributed by atoms with van der Waals surface area (Å²) in [6.45, 7) is 3.77. The number of hydrogen-bond acceptors (Lipinski definition) is 6. The Balaban J connectivity index is 1.82. The molecule has 142 valence electrons. The molecule has 3 rings (SSSR count). The smallest absolute Gasteiger partial charge is 0.252 e. The van der Waals surface area contributed by atoms with Gasteiger partial charge in [0.1, 0.15) is 6.04 Å². The van der Waals surface area contributed by atoms with Gasteiger partial charge in [0.05, 0.1) is 18.8 Å². The average molecular weight is 370 g/mol. The van der Waals surface area contributed by atoms with Crippen LogP contribution in [-0.4, -0.2) is 37.6 Å². The molecule has 1 atom stereocenters. The Kier molecular flexibility index (Phi) is 5.33. The van der Waals surface area contributed by atoms with Gasteiger partial charge in [-0.05, 0) is 19.4 Å². The Morgan fingerprint density at radius 3 is 2.74 bits per heavy atom. The van der Waals surface area contributed by atoms with E-state index in [4.69, 9.17) is 10.5 Å². The summed E-state index contributed by atoms with van der Waals surface area (Å²) in [6.07, 6.45) is 1.55. The van der Waals surface area contributed by atoms with Crippen LogP contribution < -0.4 is 16.6 Å². The zero-order chi connectivity index (χ0) is 19.4. The molecule has 9 heteroatoms. The number of rotatable bonds is 7. The third-order valence-corrected chi connectivity index (χ3v) is 3.93. The summed E-state index contributed by atoms with van der Waals surface area (Å²) in [5.74, 6) is 0.371. The Morgan fingerprint density at radius 2 is 2.04 bits per heavy atom. The molecule has 3 aromatic rings. The van der Waals surface area contributed by atoms with Crippen LogP contribution in [-0.2, 0) is 16.1 Å². The molecule has 1 aromatic carbocycles. The first-order chi connectivity index (χ1) is 12.8. The molecule has 2 heterocycles. The van der Waals surface area contributed by atoms with Gasteiger partial charge in [-0.1, -0.05) is 30.3 Å². The summed E-state index contributed by atoms with van der Waals surface area (Å²) in [6, 6.07) is 10.5. The van der Waals surface area contributed by atoms with Gasteiger partial charge in [0.25, 0.3) is 5.56 Å². The standard InChI is InChI=1S/C18H22N6O3/c1-18(2,19)16(26)20-13(11-27-10-12-6-4-3-5-7-12)15-22-23-17-21-14(25)8-9-24(15)17/h3-9,13H,10-11,19H2,1-2H3,(H,20,26)(H,21,23,25)/t13-/m1/s1. The van der Waals surface area contributed by atoms with Gasteiger partial charge in [0.15, 0.2) is 5.82 Å². The Labute approximate surface area is 155 Å². The van der Waals surface area contributed by atoms with Crippen LogP contribution >= 0.6 is 0 Å². The number of amides is 1. The molecule has 0 aliphatic heterocycles. The predicted octanol–water partition coefficient (Wildman–Crippen LogP) is 0.529. The number of carbonyl (C=O) groups is 1. The van der Waals surface area contributed by atoms with Crippen molar-refractivity contribution in [2.45, 2.75) is 32.0 Å². The molecule has 0 unspecified atom stereocenters. The highest BCUT2D eigenvalue weighted by atomic mass is 16.5. The van der Waals surface area contributed by atoms with Gasteiger partial charge in [-0.3, -0.25) is 19.0 Å². The maximum absolute atomic E-state index is 12.4. The minimum Gasteiger partial charge on any atom is -0.374 e. The van der Waals surface area contributed by atoms with Crippen molar-refractivity contribution in [2.75, 3.05) is 6.61 Å². The van der Waals surface area contributed by atoms with Gasteiger partial charge in [-0.15, -0.1) is 10.2 Å². The first-order valence-electron chi connectivity index (χ1n) is 8.50. The van der Waals surface area contributed by atoms with Gasteiger partial charge in [-0.25, -0.2) is 0 Å². The van der Waals surface area contributed by atoms with Gasteiger partial charge in [0, 0.05) is 12.3 Å². The largest absolute Gasteiger partial charge is 0.374 e. The molecule has 0 bridgehead atoms. The number of fused-ring (bicyclic) bond motifs is 1. The second-order valence-electron chi connectivity index (χ2n) is 6.81. The molecule has 27 heavy (non-hydrogen) atoms. The molecule has 0 aliphatic rings. The molecule has 0 spiro atoms. The van der Waals surface area contributed by atoms with Crippen LogP contribution in [0.3, 0.4) is 0 Å². The first-order valence-corrected chi connectivity index (χ1v) is 8.50. The zero-order valence-corrected chi connectivity index (χ0v) is 15.2. The fourth-order valence-corrected chi connectivity index (χ4v) is 2.46. The highest BCUT2D eigenvalue weighted by Gasteiger charge is 2.28. The van der Waals surface area contributed by atoms with E-state index in [-0.39, 0.29) is 23.9 Å². The minimum atomic E-state index is -1.06. The highest BCUT2D eigenvalue weighted by Crippen LogP contribution is 2.14. The molecular formula is C18H22N6O3. The van der Waals surface area contributed by atoms with Crippen LogP contribution in [0.1, 0.15) is 31.3 Å². The van der Waals surface area contributed by atoms with Crippen LogP contribution in [0.2, 0.25) is 0 Å². The van der Waals surface area contributed by atoms with Crippen molar-refractivity contribution in [1.29, 1.82) is 0 Å². The van der Waals surface area contributed by atoms with Gasteiger partial charge >= 0.3 is 0 Å². The first kappa shape index (κ1) is 18.7. The van der Waals surface area contributed by atoms with Crippen LogP contribution in [0.15, 0.2) is 47.4 Å². The van der Waals surface area contributed by atoms with Crippen LogP contribution in [0.4, 0.5) is 0 Å². The quantitative estimate of drug-likeness (QED) is 0.557. The van der Waals surface area contributed by atoms with Crippen LogP contribution in [0.5, 0.6) is 0 Å². The van der Waals surface area contributed by atoms with Crippen molar-refractivity contribution >= 4 is 11.7 Å². The highest BCUT2D eigenvalue weighted by molar-refractivity contribution is 5.85. The Morgan fingerprint density at radius 1 is 1.30 bits per heavy atom. The Bertz CT molecular complexity index is 974. The van der Waals surface area contributed by atoms with Crippen molar-refractivity contribution < 1.29 is 9.53 Å². The number of nitrogens with one attached hydrogen (secondary N) is 2. The molecule has 0 saturated heterocycles. The van der Waals surface area contributed by atoms with E-state index >= 15 is 0 Å². The van der Waals surface area contributed by atoms with Gasteiger partial charge in [-0.2, -0.15) is 0 Å². The third-order valence-electron chi connectivity index (χ3n) is 3.93. The molecule has 0 radical (unpaired) electrons. The topological polar surface area (TPSA) is 127 Å². The second kappa shape index (κ2) is 7.68. The van der Waals surface area contributed by atoms with Crippen LogP contribution in [0, 0.1) is 0 Å². The third kappa shape index (κ3) is 4.57. The van der Waals surface area contributed by atoms with E-state index in [0.29, 0.717) is 12.4 Å². The van der Waals surface area contributed by atoms with Crippen molar-refractivity contribution in [1.82, 2.24) is 24.9 Å². The fraction of sp³-hybridized carbons (Fsp3) is 0.333. The molecular weight excluding hydrogens is 348 g/mol. The zero-order valence-electron chi connectivity index (χ0n) is 15.2. The number of ether oxygens (including phenoxy) is 1. The number of benzene rings is 1. The van der Waals surface area contributed by atoms with Crippen molar-refractivity contribution in [3.8, 4) is 0 Å². The molecule has 9 nitrogen and oxygen atoms in total. The van der Waals surface area contributed by atoms with Gasteiger partial charge in [0.2, 0.25) is 11.7 Å². The van der Waals surface area contributed by atoms with E-state index in [0.717, 1.165) is 5.56 Å². The summed E-state index contributed by atoms with van der Waals surface area (Å²) >= 11 is 0. The number of nitrogens with two attached hydrogens (primary N) is 1. The monoisotopic (exact) mass is 370 g/mol. The number of nitrogens with zero attached hydrogens (tertiary/aromatic N) is 3. The summed E-state index contributed by atoms with van der Waals surface area (Å²) < 4.78 is 7.38. The van der Waals surface area contributed by atoms with E-state index in [9.17, 15) is 9.59 Å². The molecule has 1 amide bonds. The van der Waals surface area contributed by atoms with E-state index in [1.807, 2.05) is 30.3 Å². The molecule has 0 aliphatic carbocycles. The number of hydrogen-bond donors (Lipinski definition) is 3. The lowest BCUT2D eigenvalue weighted by atomic mass is 10.1. The van der Waals surface area contributed by atoms with Gasteiger partial charge < -0.3 is 15.8 Å². The summed E-state index contributed by atoms with van der Waals surface area (Å²) in [7, 11) is 0. The summed E-state index contributed by atoms with van der Waals surface area (Å²) in [5.41, 5.74) is 5.55. The van der Waals surface area contributed by atoms with E-state index < -0.39 is 11.6 Å². The minimum absolute atomic E-state index is 0.163. The van der Waals surface area contributed by atoms with E-state index in [2.05, 4.69) is 20.5 Å². The predicted molar refractivity (Wildman–Crippen MR) is 98.9 cm³/mol. The fourth-order valence-electron chi connectivity index (χ4n) is 2.46. The molecule has 4 N–H and O–H groups in total. The lowest BCUT2D eigenvalue weighted by Crippen LogP contribution is -2.50.